The third kappa shape index (κ3) is 4.75. The zero-order valence-corrected chi connectivity index (χ0v) is 15.0. The normalized spacial score (nSPS) is 13.8. The van der Waals surface area contributed by atoms with E-state index in [1.807, 2.05) is 25.1 Å². The van der Waals surface area contributed by atoms with E-state index in [1.54, 1.807) is 6.07 Å². The van der Waals surface area contributed by atoms with Gasteiger partial charge in [-0.3, -0.25) is 0 Å². The van der Waals surface area contributed by atoms with E-state index in [9.17, 15) is 18.0 Å². The molecule has 1 aromatic heterocycles. The van der Waals surface area contributed by atoms with E-state index in [0.717, 1.165) is 18.4 Å². The summed E-state index contributed by atoms with van der Waals surface area (Å²) in [5, 5.41) is 5.34. The molecule has 3 rings (SSSR count). The van der Waals surface area contributed by atoms with Gasteiger partial charge in [-0.05, 0) is 44.2 Å². The van der Waals surface area contributed by atoms with Crippen LogP contribution in [-0.2, 0) is 25.4 Å². The van der Waals surface area contributed by atoms with E-state index >= 15 is 0 Å². The summed E-state index contributed by atoms with van der Waals surface area (Å²) in [5.74, 6) is 0.110. The lowest BCUT2D eigenvalue weighted by Gasteiger charge is -2.20. The van der Waals surface area contributed by atoms with Gasteiger partial charge in [-0.1, -0.05) is 18.2 Å². The Morgan fingerprint density at radius 1 is 1.15 bits per heavy atom. The number of urea groups is 1. The van der Waals surface area contributed by atoms with Crippen LogP contribution in [0.15, 0.2) is 24.3 Å². The molecule has 0 bridgehead atoms. The SMILES string of the molecule is Cc1ccccc1NC(=O)NCCc1nc2c(c(C(F)(F)F)n1)CCCC2. The Kier molecular flexibility index (Phi) is 5.62. The van der Waals surface area contributed by atoms with Crippen LogP contribution in [0.25, 0.3) is 0 Å². The molecular formula is C19H21F3N4O. The fourth-order valence-corrected chi connectivity index (χ4v) is 3.16. The molecule has 27 heavy (non-hydrogen) atoms. The van der Waals surface area contributed by atoms with Gasteiger partial charge in [0.05, 0.1) is 0 Å². The van der Waals surface area contributed by atoms with Crippen molar-refractivity contribution in [3.8, 4) is 0 Å². The van der Waals surface area contributed by atoms with Crippen molar-refractivity contribution in [2.45, 2.75) is 45.2 Å². The van der Waals surface area contributed by atoms with Crippen LogP contribution >= 0.6 is 0 Å². The Morgan fingerprint density at radius 2 is 1.89 bits per heavy atom. The van der Waals surface area contributed by atoms with E-state index in [2.05, 4.69) is 20.6 Å². The summed E-state index contributed by atoms with van der Waals surface area (Å²) in [6.07, 6.45) is -1.90. The van der Waals surface area contributed by atoms with Gasteiger partial charge in [0.2, 0.25) is 0 Å². The molecule has 1 aliphatic rings. The van der Waals surface area contributed by atoms with Crippen molar-refractivity contribution in [2.24, 2.45) is 0 Å². The topological polar surface area (TPSA) is 66.9 Å². The van der Waals surface area contributed by atoms with Crippen LogP contribution < -0.4 is 10.6 Å². The molecule has 0 saturated heterocycles. The summed E-state index contributed by atoms with van der Waals surface area (Å²) < 4.78 is 39.9. The molecule has 8 heteroatoms. The number of benzene rings is 1. The lowest BCUT2D eigenvalue weighted by atomic mass is 9.94. The molecule has 2 amide bonds. The van der Waals surface area contributed by atoms with E-state index in [1.165, 1.54) is 0 Å². The van der Waals surface area contributed by atoms with Gasteiger partial charge in [0.25, 0.3) is 0 Å². The number of anilines is 1. The molecule has 0 saturated carbocycles. The molecular weight excluding hydrogens is 357 g/mol. The number of halogens is 3. The Labute approximate surface area is 155 Å². The van der Waals surface area contributed by atoms with E-state index in [4.69, 9.17) is 0 Å². The summed E-state index contributed by atoms with van der Waals surface area (Å²) in [4.78, 5) is 20.0. The summed E-state index contributed by atoms with van der Waals surface area (Å²) in [5.41, 5.74) is 1.48. The first-order chi connectivity index (χ1) is 12.8. The average molecular weight is 378 g/mol. The molecule has 0 atom stereocenters. The summed E-state index contributed by atoms with van der Waals surface area (Å²) in [6.45, 7) is 2.02. The van der Waals surface area contributed by atoms with E-state index < -0.39 is 17.9 Å². The van der Waals surface area contributed by atoms with Crippen molar-refractivity contribution in [3.05, 3.63) is 52.6 Å². The second-order valence-corrected chi connectivity index (χ2v) is 6.56. The number of nitrogens with zero attached hydrogens (tertiary/aromatic N) is 2. The quantitative estimate of drug-likeness (QED) is 0.844. The number of para-hydroxylation sites is 1. The summed E-state index contributed by atoms with van der Waals surface area (Å²) in [6, 6.07) is 6.90. The minimum atomic E-state index is -4.49. The van der Waals surface area contributed by atoms with Gasteiger partial charge in [0.1, 0.15) is 5.82 Å². The molecule has 0 unspecified atom stereocenters. The minimum Gasteiger partial charge on any atom is -0.337 e. The van der Waals surface area contributed by atoms with Crippen LogP contribution in [0.5, 0.6) is 0 Å². The molecule has 0 radical (unpaired) electrons. The third-order valence-corrected chi connectivity index (χ3v) is 4.53. The second kappa shape index (κ2) is 7.94. The fraction of sp³-hybridized carbons (Fsp3) is 0.421. The Bertz CT molecular complexity index is 836. The van der Waals surface area contributed by atoms with E-state index in [-0.39, 0.29) is 24.4 Å². The Morgan fingerprint density at radius 3 is 2.63 bits per heavy atom. The first-order valence-electron chi connectivity index (χ1n) is 8.91. The minimum absolute atomic E-state index is 0.110. The highest BCUT2D eigenvalue weighted by molar-refractivity contribution is 5.89. The van der Waals surface area contributed by atoms with E-state index in [0.29, 0.717) is 24.2 Å². The summed E-state index contributed by atoms with van der Waals surface area (Å²) in [7, 11) is 0. The number of aromatic nitrogens is 2. The van der Waals surface area contributed by atoms with Gasteiger partial charge in [0.15, 0.2) is 5.69 Å². The van der Waals surface area contributed by atoms with Crippen molar-refractivity contribution in [1.82, 2.24) is 15.3 Å². The van der Waals surface area contributed by atoms with Gasteiger partial charge in [0, 0.05) is 29.9 Å². The Hall–Kier alpha value is -2.64. The number of fused-ring (bicyclic) bond motifs is 1. The van der Waals surface area contributed by atoms with Crippen molar-refractivity contribution < 1.29 is 18.0 Å². The molecule has 1 aliphatic carbocycles. The number of rotatable bonds is 4. The van der Waals surface area contributed by atoms with Crippen molar-refractivity contribution in [2.75, 3.05) is 11.9 Å². The maximum Gasteiger partial charge on any atom is 0.433 e. The molecule has 0 fully saturated rings. The third-order valence-electron chi connectivity index (χ3n) is 4.53. The van der Waals surface area contributed by atoms with Gasteiger partial charge in [-0.25, -0.2) is 14.8 Å². The fourth-order valence-electron chi connectivity index (χ4n) is 3.16. The average Bonchev–Trinajstić information content (AvgIpc) is 2.62. The zero-order chi connectivity index (χ0) is 19.4. The summed E-state index contributed by atoms with van der Waals surface area (Å²) >= 11 is 0. The predicted octanol–water partition coefficient (Wildman–Crippen LogP) is 4.05. The van der Waals surface area contributed by atoms with Gasteiger partial charge in [-0.2, -0.15) is 13.2 Å². The lowest BCUT2D eigenvalue weighted by Crippen LogP contribution is -2.31. The van der Waals surface area contributed by atoms with Crippen LogP contribution in [0.3, 0.4) is 0 Å². The lowest BCUT2D eigenvalue weighted by molar-refractivity contribution is -0.142. The number of hydrogen-bond donors (Lipinski definition) is 2. The molecule has 2 N–H and O–H groups in total. The highest BCUT2D eigenvalue weighted by Crippen LogP contribution is 2.34. The predicted molar refractivity (Wildman–Crippen MR) is 95.6 cm³/mol. The van der Waals surface area contributed by atoms with Crippen LogP contribution in [0, 0.1) is 6.92 Å². The maximum atomic E-state index is 13.3. The second-order valence-electron chi connectivity index (χ2n) is 6.56. The smallest absolute Gasteiger partial charge is 0.337 e. The number of alkyl halides is 3. The van der Waals surface area contributed by atoms with Gasteiger partial charge in [-0.15, -0.1) is 0 Å². The van der Waals surface area contributed by atoms with Crippen LogP contribution in [-0.4, -0.2) is 22.5 Å². The van der Waals surface area contributed by atoms with Gasteiger partial charge >= 0.3 is 12.2 Å². The molecule has 144 valence electrons. The van der Waals surface area contributed by atoms with Crippen LogP contribution in [0.4, 0.5) is 23.7 Å². The highest BCUT2D eigenvalue weighted by atomic mass is 19.4. The van der Waals surface area contributed by atoms with Crippen molar-refractivity contribution >= 4 is 11.7 Å². The molecule has 1 heterocycles. The number of aryl methyl sites for hydroxylation is 2. The molecule has 2 aromatic rings. The van der Waals surface area contributed by atoms with Gasteiger partial charge < -0.3 is 10.6 Å². The number of hydrogen-bond acceptors (Lipinski definition) is 3. The number of carbonyl (C=O) groups excluding carboxylic acids is 1. The molecule has 5 nitrogen and oxygen atoms in total. The highest BCUT2D eigenvalue weighted by Gasteiger charge is 2.37. The monoisotopic (exact) mass is 378 g/mol. The number of amides is 2. The molecule has 0 aliphatic heterocycles. The Balaban J connectivity index is 1.64. The van der Waals surface area contributed by atoms with Crippen molar-refractivity contribution in [3.63, 3.8) is 0 Å². The zero-order valence-electron chi connectivity index (χ0n) is 15.0. The van der Waals surface area contributed by atoms with Crippen LogP contribution in [0.1, 0.15) is 41.2 Å². The molecule has 0 spiro atoms. The van der Waals surface area contributed by atoms with Crippen molar-refractivity contribution in [1.29, 1.82) is 0 Å². The standard InChI is InChI=1S/C19H21F3N4O/c1-12-6-2-4-8-14(12)25-18(27)23-11-10-16-24-15-9-5-3-7-13(15)17(26-16)19(20,21)22/h2,4,6,8H,3,5,7,9-11H2,1H3,(H2,23,25,27). The largest absolute Gasteiger partial charge is 0.433 e. The first-order valence-corrected chi connectivity index (χ1v) is 8.91. The molecule has 1 aromatic carbocycles. The first kappa shape index (κ1) is 19.1. The van der Waals surface area contributed by atoms with Crippen LogP contribution in [0.2, 0.25) is 0 Å². The number of nitrogens with one attached hydrogen (secondary N) is 2. The maximum absolute atomic E-state index is 13.3. The number of carbonyl (C=O) groups is 1.